The summed E-state index contributed by atoms with van der Waals surface area (Å²) in [6, 6.07) is 56.0. The zero-order chi connectivity index (χ0) is 94.1. The van der Waals surface area contributed by atoms with Crippen molar-refractivity contribution in [3.8, 4) is 56.3 Å². The summed E-state index contributed by atoms with van der Waals surface area (Å²) in [5.41, 5.74) is 45.3. The van der Waals surface area contributed by atoms with E-state index in [2.05, 4.69) is 116 Å². The number of aromatic nitrogens is 10. The first-order chi connectivity index (χ1) is 64.1. The van der Waals surface area contributed by atoms with Crippen molar-refractivity contribution in [2.24, 2.45) is 0 Å². The Bertz CT molecular complexity index is 6660. The molecule has 0 bridgehead atoms. The van der Waals surface area contributed by atoms with E-state index in [4.69, 9.17) is 33.8 Å². The number of anilines is 10. The molecule has 10 aromatic heterocycles. The molecule has 0 radical (unpaired) electrons. The van der Waals surface area contributed by atoms with Crippen LogP contribution in [0, 0.1) is 27.7 Å². The molecular weight excluding hydrogens is 1680 g/mol. The normalized spacial score (nSPS) is 16.0. The molecule has 3 aliphatic rings. The molecule has 18 rings (SSSR count). The highest BCUT2D eigenvalue weighted by Gasteiger charge is 2.31. The minimum absolute atomic E-state index is 0.00690. The fraction of sp³-hybridized carbons (Fsp3) is 0.242. The minimum Gasteiger partial charge on any atom is -0.394 e. The van der Waals surface area contributed by atoms with Gasteiger partial charge in [0.25, 0.3) is 0 Å². The molecular formula is C99H107N25O9. The molecule has 10 amide bonds. The molecule has 3 fully saturated rings. The fourth-order valence-corrected chi connectivity index (χ4v) is 15.9. The van der Waals surface area contributed by atoms with E-state index in [1.165, 1.54) is 5.56 Å². The summed E-state index contributed by atoms with van der Waals surface area (Å²) in [6.07, 6.45) is 13.6. The number of nitrogens with one attached hydrogen (secondary N) is 10. The summed E-state index contributed by atoms with van der Waals surface area (Å²) in [6.45, 7) is 11.8. The van der Waals surface area contributed by atoms with Crippen LogP contribution in [0.25, 0.3) is 110 Å². The number of nitrogens with two attached hydrogens (primary N) is 5. The molecule has 34 nitrogen and oxygen atoms in total. The smallest absolute Gasteiger partial charge is 0.320 e. The number of pyridine rings is 10. The van der Waals surface area contributed by atoms with E-state index in [0.717, 1.165) is 165 Å². The van der Waals surface area contributed by atoms with Gasteiger partial charge in [-0.1, -0.05) is 128 Å². The standard InChI is InChI=1S/3C21H23N5O2.C19H21N5O2.C17H17N5O/c2*1-12-5-2-3-6-14(12)17-9-13-10-19(23-11-15(13)20(22)24-17)26-21(28)25-16-7-4-8-18(16)27;1-2-12-5-3-4-6-16(12)18-7-13-8-19(23-11-17(13)20(22)25-18)26-21(28)24-14-9-15(27)10-14;1-11-5-3-4-6-14(11)16-7-13-8-17(21-9-15(13)18(20)23-16)24-19(26)22-12(2)10-25;1-10-5-3-4-6-12(10)14-7-11-8-15(22-17(23)19-2)20-9-13(11)16(18)21-14/h2*2-3,5-6,9-11,16,18,27H,4,7-8H2,1H3,(H2,22,24)(H2,23,25,26,28);3-8,11,14-15,27H,2,9-10H2,1H3,(H2,22,25)(H2,23,24,26,28);3-9,12,25H,10H2,1-2H3,(H2,20,23)(H2,21,22,24,26);3-9H,1-2H3,(H2,18,21)(H2,19,20,22,23)/t2*16-,18-;;;/m00.../s1. The highest BCUT2D eigenvalue weighted by Crippen LogP contribution is 2.37. The fourth-order valence-electron chi connectivity index (χ4n) is 15.9. The van der Waals surface area contributed by atoms with E-state index in [9.17, 15) is 39.3 Å². The molecule has 5 aromatic carbocycles. The Morgan fingerprint density at radius 3 is 0.932 bits per heavy atom. The maximum absolute atomic E-state index is 12.2. The third-order valence-corrected chi connectivity index (χ3v) is 23.2. The average Bonchev–Trinajstić information content (AvgIpc) is 1.33. The first-order valence-corrected chi connectivity index (χ1v) is 43.7. The van der Waals surface area contributed by atoms with Crippen LogP contribution in [0.5, 0.6) is 0 Å². The zero-order valence-corrected chi connectivity index (χ0v) is 74.5. The lowest BCUT2D eigenvalue weighted by Crippen LogP contribution is -2.48. The number of carbonyl (C=O) groups is 5. The summed E-state index contributed by atoms with van der Waals surface area (Å²) in [7, 11) is 1.55. The van der Waals surface area contributed by atoms with Crippen molar-refractivity contribution in [2.45, 2.75) is 142 Å². The molecule has 3 saturated carbocycles. The number of aliphatic hydroxyl groups is 4. The number of hydrogen-bond donors (Lipinski definition) is 19. The first-order valence-electron chi connectivity index (χ1n) is 43.7. The molecule has 5 atom stereocenters. The van der Waals surface area contributed by atoms with Gasteiger partial charge < -0.3 is 75.7 Å². The van der Waals surface area contributed by atoms with Crippen LogP contribution in [0.15, 0.2) is 213 Å². The van der Waals surface area contributed by atoms with Crippen LogP contribution in [-0.4, -0.2) is 157 Å². The molecule has 0 saturated heterocycles. The van der Waals surface area contributed by atoms with Gasteiger partial charge in [0.15, 0.2) is 0 Å². The van der Waals surface area contributed by atoms with Crippen molar-refractivity contribution >= 4 is 142 Å². The number of aliphatic hydroxyl groups excluding tert-OH is 4. The van der Waals surface area contributed by atoms with Gasteiger partial charge in [0.2, 0.25) is 0 Å². The van der Waals surface area contributed by atoms with Crippen LogP contribution >= 0.6 is 0 Å². The molecule has 0 aliphatic heterocycles. The molecule has 3 aliphatic carbocycles. The number of aryl methyl sites for hydroxylation is 5. The van der Waals surface area contributed by atoms with Gasteiger partial charge in [-0.2, -0.15) is 0 Å². The highest BCUT2D eigenvalue weighted by molar-refractivity contribution is 6.02. The number of amides is 10. The Morgan fingerprint density at radius 1 is 0.376 bits per heavy atom. The number of fused-ring (bicyclic) bond motifs is 5. The second kappa shape index (κ2) is 42.6. The van der Waals surface area contributed by atoms with Crippen LogP contribution in [0.3, 0.4) is 0 Å². The predicted octanol–water partition coefficient (Wildman–Crippen LogP) is 15.2. The molecule has 133 heavy (non-hydrogen) atoms. The van der Waals surface area contributed by atoms with E-state index < -0.39 is 18.2 Å². The van der Waals surface area contributed by atoms with E-state index >= 15 is 0 Å². The molecule has 15 aromatic rings. The number of carbonyl (C=O) groups excluding carboxylic acids is 5. The summed E-state index contributed by atoms with van der Waals surface area (Å²) in [5.74, 6) is 4.12. The monoisotopic (exact) mass is 1790 g/mol. The summed E-state index contributed by atoms with van der Waals surface area (Å²) in [4.78, 5) is 104. The number of nitrogen functional groups attached to an aromatic ring is 5. The van der Waals surface area contributed by atoms with Crippen LogP contribution in [0.4, 0.5) is 82.2 Å². The molecule has 0 spiro atoms. The molecule has 34 heteroatoms. The lowest BCUT2D eigenvalue weighted by atomic mass is 9.90. The maximum atomic E-state index is 12.2. The van der Waals surface area contributed by atoms with Crippen LogP contribution in [-0.2, 0) is 6.42 Å². The summed E-state index contributed by atoms with van der Waals surface area (Å²) >= 11 is 0. The lowest BCUT2D eigenvalue weighted by Gasteiger charge is -2.31. The number of rotatable bonds is 16. The van der Waals surface area contributed by atoms with E-state index in [-0.39, 0.29) is 61.0 Å². The Morgan fingerprint density at radius 2 is 0.654 bits per heavy atom. The topological polar surface area (TPSA) is 546 Å². The molecule has 10 heterocycles. The zero-order valence-electron chi connectivity index (χ0n) is 74.5. The van der Waals surface area contributed by atoms with Gasteiger partial charge in [-0.15, -0.1) is 0 Å². The SMILES string of the molecule is CCc1ccccc1-c1cc2cc(NC(=O)NC3CC(O)C3)ncc2c(N)n1.CNC(=O)Nc1cc2cc(-c3ccccc3C)nc(N)c2cn1.Cc1ccccc1-c1cc2cc(NC(=O)NC(C)CO)ncc2c(N)n1.Cc1ccccc1-c1cc2cc(NC(=O)N[C@H]3CCC[C@@H]3O)ncc2c(N)n1.Cc1ccccc1-c1cc2cc(NC(=O)N[C@H]3CCC[C@@H]3O)ncc2c(N)n1. The van der Waals surface area contributed by atoms with Crippen molar-refractivity contribution in [1.82, 2.24) is 76.4 Å². The predicted molar refractivity (Wildman–Crippen MR) is 525 cm³/mol. The Hall–Kier alpha value is -15.9. The second-order valence-corrected chi connectivity index (χ2v) is 32.9. The quantitative estimate of drug-likeness (QED) is 0.0427. The molecule has 24 N–H and O–H groups in total. The van der Waals surface area contributed by atoms with Gasteiger partial charge in [0.1, 0.15) is 58.2 Å². The summed E-state index contributed by atoms with van der Waals surface area (Å²) < 4.78 is 0. The number of urea groups is 5. The van der Waals surface area contributed by atoms with Crippen LogP contribution < -0.4 is 81.8 Å². The molecule has 682 valence electrons. The number of nitrogens with zero attached hydrogens (tertiary/aromatic N) is 10. The third-order valence-electron chi connectivity index (χ3n) is 23.2. The van der Waals surface area contributed by atoms with Gasteiger partial charge in [0, 0.05) is 98.8 Å². The van der Waals surface area contributed by atoms with Crippen molar-refractivity contribution in [1.29, 1.82) is 0 Å². The Balaban J connectivity index is 0.000000134. The van der Waals surface area contributed by atoms with Crippen LogP contribution in [0.1, 0.15) is 93.0 Å². The van der Waals surface area contributed by atoms with Crippen LogP contribution in [0.2, 0.25) is 0 Å². The van der Waals surface area contributed by atoms with Gasteiger partial charge >= 0.3 is 30.2 Å². The van der Waals surface area contributed by atoms with Gasteiger partial charge in [-0.25, -0.2) is 73.8 Å². The first kappa shape index (κ1) is 93.2. The number of hydrogen-bond acceptors (Lipinski definition) is 24. The van der Waals surface area contributed by atoms with Crippen molar-refractivity contribution in [3.63, 3.8) is 0 Å². The lowest BCUT2D eigenvalue weighted by molar-refractivity contribution is 0.0671. The van der Waals surface area contributed by atoms with Gasteiger partial charge in [0.05, 0.1) is 71.5 Å². The van der Waals surface area contributed by atoms with Crippen molar-refractivity contribution < 1.29 is 44.4 Å². The van der Waals surface area contributed by atoms with E-state index in [1.54, 1.807) is 75.3 Å². The maximum Gasteiger partial charge on any atom is 0.320 e. The Kier molecular flexibility index (Phi) is 29.8. The molecule has 1 unspecified atom stereocenters. The van der Waals surface area contributed by atoms with E-state index in [1.807, 2.05) is 173 Å². The van der Waals surface area contributed by atoms with Crippen molar-refractivity contribution in [2.75, 3.05) is 68.9 Å². The third kappa shape index (κ3) is 23.4. The largest absolute Gasteiger partial charge is 0.394 e. The summed E-state index contributed by atoms with van der Waals surface area (Å²) in [5, 5.41) is 73.0. The Labute approximate surface area is 766 Å². The minimum atomic E-state index is -0.488. The highest BCUT2D eigenvalue weighted by atomic mass is 16.3. The second-order valence-electron chi connectivity index (χ2n) is 32.9. The van der Waals surface area contributed by atoms with E-state index in [0.29, 0.717) is 83.9 Å². The number of benzene rings is 5. The average molecular weight is 1790 g/mol. The van der Waals surface area contributed by atoms with Gasteiger partial charge in [-0.3, -0.25) is 26.6 Å². The van der Waals surface area contributed by atoms with Gasteiger partial charge in [-0.05, 0) is 208 Å². The van der Waals surface area contributed by atoms with Crippen molar-refractivity contribution in [3.05, 3.63) is 241 Å².